The number of aliphatic carboxylic acids is 1. The fourth-order valence-electron chi connectivity index (χ4n) is 3.09. The fourth-order valence-corrected chi connectivity index (χ4v) is 4.23. The molecule has 0 aromatic heterocycles. The van der Waals surface area contributed by atoms with Gasteiger partial charge in [0, 0.05) is 23.7 Å². The van der Waals surface area contributed by atoms with Crippen molar-refractivity contribution in [3.8, 4) is 0 Å². The number of benzene rings is 1. The third kappa shape index (κ3) is 3.02. The first-order valence-corrected chi connectivity index (χ1v) is 8.59. The molecule has 1 aromatic carbocycles. The Balaban J connectivity index is 1.71. The van der Waals surface area contributed by atoms with Crippen LogP contribution in [0.3, 0.4) is 0 Å². The van der Waals surface area contributed by atoms with Crippen molar-refractivity contribution in [2.24, 2.45) is 5.41 Å². The highest BCUT2D eigenvalue weighted by Crippen LogP contribution is 2.38. The Labute approximate surface area is 138 Å². The molecule has 5 nitrogen and oxygen atoms in total. The van der Waals surface area contributed by atoms with Crippen LogP contribution in [0.1, 0.15) is 31.4 Å². The maximum atomic E-state index is 13.9. The van der Waals surface area contributed by atoms with Gasteiger partial charge in [-0.1, -0.05) is 12.1 Å². The van der Waals surface area contributed by atoms with Gasteiger partial charge in [-0.2, -0.15) is 0 Å². The maximum absolute atomic E-state index is 13.9. The Morgan fingerprint density at radius 2 is 2.26 bits per heavy atom. The number of hydrogen-bond acceptors (Lipinski definition) is 3. The lowest BCUT2D eigenvalue weighted by Gasteiger charge is -2.28. The van der Waals surface area contributed by atoms with Crippen LogP contribution in [0.25, 0.3) is 0 Å². The normalized spacial score (nSPS) is 26.7. The summed E-state index contributed by atoms with van der Waals surface area (Å²) in [4.78, 5) is 25.9. The average Bonchev–Trinajstić information content (AvgIpc) is 2.92. The first-order valence-electron chi connectivity index (χ1n) is 7.61. The molecule has 1 aromatic rings. The van der Waals surface area contributed by atoms with E-state index < -0.39 is 11.4 Å². The smallest absolute Gasteiger partial charge is 0.317 e. The summed E-state index contributed by atoms with van der Waals surface area (Å²) in [6.45, 7) is 2.28. The molecule has 2 N–H and O–H groups in total. The second-order valence-electron chi connectivity index (χ2n) is 6.33. The van der Waals surface area contributed by atoms with Crippen molar-refractivity contribution in [3.05, 3.63) is 29.6 Å². The molecule has 0 bridgehead atoms. The molecular formula is C16H19FN2O3S. The summed E-state index contributed by atoms with van der Waals surface area (Å²) < 4.78 is 13.9. The van der Waals surface area contributed by atoms with Gasteiger partial charge in [-0.05, 0) is 31.4 Å². The number of nitrogens with one attached hydrogen (secondary N) is 1. The van der Waals surface area contributed by atoms with E-state index in [-0.39, 0.29) is 24.4 Å². The Hall–Kier alpha value is -1.76. The SMILES string of the molecule is CC1(C(=O)O)CCN(C(=O)NC2CCSc3c(F)cccc32)C1. The summed E-state index contributed by atoms with van der Waals surface area (Å²) in [5.41, 5.74) is -0.0844. The van der Waals surface area contributed by atoms with Gasteiger partial charge in [0.2, 0.25) is 0 Å². The molecule has 2 unspecified atom stereocenters. The molecule has 2 atom stereocenters. The highest BCUT2D eigenvalue weighted by Gasteiger charge is 2.42. The Morgan fingerprint density at radius 1 is 1.48 bits per heavy atom. The first-order chi connectivity index (χ1) is 10.9. The van der Waals surface area contributed by atoms with Gasteiger partial charge in [0.25, 0.3) is 0 Å². The summed E-state index contributed by atoms with van der Waals surface area (Å²) in [5.74, 6) is -0.397. The van der Waals surface area contributed by atoms with Crippen molar-refractivity contribution in [3.63, 3.8) is 0 Å². The molecule has 23 heavy (non-hydrogen) atoms. The second-order valence-corrected chi connectivity index (χ2v) is 7.44. The van der Waals surface area contributed by atoms with Gasteiger partial charge in [-0.3, -0.25) is 4.79 Å². The number of fused-ring (bicyclic) bond motifs is 1. The third-order valence-electron chi connectivity index (χ3n) is 4.60. The Bertz CT molecular complexity index is 654. The van der Waals surface area contributed by atoms with E-state index in [2.05, 4.69) is 5.32 Å². The Kier molecular flexibility index (Phi) is 4.23. The van der Waals surface area contributed by atoms with E-state index >= 15 is 0 Å². The van der Waals surface area contributed by atoms with Gasteiger partial charge in [0.05, 0.1) is 11.5 Å². The summed E-state index contributed by atoms with van der Waals surface area (Å²) >= 11 is 1.46. The quantitative estimate of drug-likeness (QED) is 0.870. The van der Waals surface area contributed by atoms with E-state index in [1.807, 2.05) is 6.07 Å². The molecule has 2 amide bonds. The average molecular weight is 338 g/mol. The number of carboxylic acid groups (broad SMARTS) is 1. The van der Waals surface area contributed by atoms with E-state index in [1.165, 1.54) is 22.7 Å². The molecule has 0 saturated carbocycles. The maximum Gasteiger partial charge on any atom is 0.317 e. The van der Waals surface area contributed by atoms with Crippen LogP contribution in [-0.2, 0) is 4.79 Å². The zero-order valence-corrected chi connectivity index (χ0v) is 13.7. The Morgan fingerprint density at radius 3 is 2.96 bits per heavy atom. The van der Waals surface area contributed by atoms with Crippen LogP contribution in [0.15, 0.2) is 23.1 Å². The summed E-state index contributed by atoms with van der Waals surface area (Å²) in [6, 6.07) is 4.40. The van der Waals surface area contributed by atoms with Crippen molar-refractivity contribution < 1.29 is 19.1 Å². The monoisotopic (exact) mass is 338 g/mol. The minimum atomic E-state index is -0.885. The van der Waals surface area contributed by atoms with Gasteiger partial charge < -0.3 is 15.3 Å². The number of rotatable bonds is 2. The molecule has 0 spiro atoms. The number of urea groups is 1. The van der Waals surface area contributed by atoms with Crippen LogP contribution in [-0.4, -0.2) is 40.8 Å². The van der Waals surface area contributed by atoms with Gasteiger partial charge in [-0.15, -0.1) is 11.8 Å². The van der Waals surface area contributed by atoms with Crippen molar-refractivity contribution in [2.75, 3.05) is 18.8 Å². The molecule has 7 heteroatoms. The van der Waals surface area contributed by atoms with Crippen LogP contribution >= 0.6 is 11.8 Å². The number of halogens is 1. The molecule has 0 radical (unpaired) electrons. The predicted octanol–water partition coefficient (Wildman–Crippen LogP) is 2.87. The first kappa shape index (κ1) is 16.1. The molecule has 1 saturated heterocycles. The lowest BCUT2D eigenvalue weighted by molar-refractivity contribution is -0.147. The molecule has 0 aliphatic carbocycles. The van der Waals surface area contributed by atoms with E-state index in [1.54, 1.807) is 13.0 Å². The van der Waals surface area contributed by atoms with Crippen LogP contribution in [0.5, 0.6) is 0 Å². The van der Waals surface area contributed by atoms with Crippen LogP contribution in [0.4, 0.5) is 9.18 Å². The van der Waals surface area contributed by atoms with E-state index in [4.69, 9.17) is 0 Å². The molecule has 124 valence electrons. The molecule has 2 aliphatic heterocycles. The highest BCUT2D eigenvalue weighted by molar-refractivity contribution is 7.99. The minimum Gasteiger partial charge on any atom is -0.481 e. The zero-order valence-electron chi connectivity index (χ0n) is 12.8. The van der Waals surface area contributed by atoms with E-state index in [0.29, 0.717) is 17.9 Å². The number of nitrogens with zero attached hydrogens (tertiary/aromatic N) is 1. The molecule has 2 heterocycles. The minimum absolute atomic E-state index is 0.200. The number of carboxylic acids is 1. The van der Waals surface area contributed by atoms with Gasteiger partial charge in [-0.25, -0.2) is 9.18 Å². The number of likely N-dealkylation sites (tertiary alicyclic amines) is 1. The number of thioether (sulfide) groups is 1. The van der Waals surface area contributed by atoms with E-state index in [0.717, 1.165) is 17.7 Å². The van der Waals surface area contributed by atoms with Crippen molar-refractivity contribution in [2.45, 2.75) is 30.7 Å². The topological polar surface area (TPSA) is 69.6 Å². The molecule has 2 aliphatic rings. The highest BCUT2D eigenvalue weighted by atomic mass is 32.2. The molecule has 3 rings (SSSR count). The number of carbonyl (C=O) groups excluding carboxylic acids is 1. The largest absolute Gasteiger partial charge is 0.481 e. The van der Waals surface area contributed by atoms with Crippen molar-refractivity contribution in [1.82, 2.24) is 10.2 Å². The van der Waals surface area contributed by atoms with Gasteiger partial charge in [0.1, 0.15) is 5.82 Å². The number of amides is 2. The second kappa shape index (κ2) is 6.03. The lowest BCUT2D eigenvalue weighted by Crippen LogP contribution is -2.43. The van der Waals surface area contributed by atoms with Crippen LogP contribution in [0.2, 0.25) is 0 Å². The van der Waals surface area contributed by atoms with Crippen molar-refractivity contribution in [1.29, 1.82) is 0 Å². The summed E-state index contributed by atoms with van der Waals surface area (Å²) in [6.07, 6.45) is 1.18. The fraction of sp³-hybridized carbons (Fsp3) is 0.500. The summed E-state index contributed by atoms with van der Waals surface area (Å²) in [7, 11) is 0. The predicted molar refractivity (Wildman–Crippen MR) is 84.9 cm³/mol. The van der Waals surface area contributed by atoms with Gasteiger partial charge >= 0.3 is 12.0 Å². The zero-order chi connectivity index (χ0) is 16.6. The molecular weight excluding hydrogens is 319 g/mol. The lowest BCUT2D eigenvalue weighted by atomic mass is 9.90. The molecule has 1 fully saturated rings. The van der Waals surface area contributed by atoms with Gasteiger partial charge in [0.15, 0.2) is 0 Å². The number of carbonyl (C=O) groups is 2. The number of hydrogen-bond donors (Lipinski definition) is 2. The van der Waals surface area contributed by atoms with E-state index in [9.17, 15) is 19.1 Å². The third-order valence-corrected chi connectivity index (χ3v) is 5.76. The standard InChI is InChI=1S/C16H19FN2O3S/c1-16(14(20)21)6-7-19(9-16)15(22)18-12-5-8-23-13-10(12)3-2-4-11(13)17/h2-4,12H,5-9H2,1H3,(H,18,22)(H,20,21). The van der Waals surface area contributed by atoms with Crippen molar-refractivity contribution >= 4 is 23.8 Å². The van der Waals surface area contributed by atoms with Crippen LogP contribution < -0.4 is 5.32 Å². The van der Waals surface area contributed by atoms with Crippen LogP contribution in [0, 0.1) is 11.2 Å². The summed E-state index contributed by atoms with van der Waals surface area (Å²) in [5, 5.41) is 12.2.